The molecule has 3 rings (SSSR count). The van der Waals surface area contributed by atoms with E-state index in [0.29, 0.717) is 5.56 Å². The molecule has 1 amide bonds. The molecule has 0 aromatic heterocycles. The Morgan fingerprint density at radius 2 is 1.56 bits per heavy atom. The van der Waals surface area contributed by atoms with Gasteiger partial charge in [0.1, 0.15) is 5.92 Å². The van der Waals surface area contributed by atoms with E-state index in [4.69, 9.17) is 0 Å². The van der Waals surface area contributed by atoms with Crippen LogP contribution in [0.1, 0.15) is 53.9 Å². The van der Waals surface area contributed by atoms with Gasteiger partial charge in [-0.25, -0.2) is 0 Å². The van der Waals surface area contributed by atoms with E-state index in [1.165, 1.54) is 0 Å². The van der Waals surface area contributed by atoms with Gasteiger partial charge in [0.2, 0.25) is 5.91 Å². The molecule has 1 unspecified atom stereocenters. The van der Waals surface area contributed by atoms with Gasteiger partial charge in [-0.15, -0.1) is 0 Å². The number of alkyl halides is 3. The lowest BCUT2D eigenvalue weighted by Gasteiger charge is -2.36. The lowest BCUT2D eigenvalue weighted by Crippen LogP contribution is -2.50. The lowest BCUT2D eigenvalue weighted by atomic mass is 9.72. The largest absolute Gasteiger partial charge is 0.391 e. The Labute approximate surface area is 145 Å². The molecule has 1 aromatic rings. The summed E-state index contributed by atoms with van der Waals surface area (Å²) in [5.41, 5.74) is 2.46. The first-order chi connectivity index (χ1) is 11.5. The van der Waals surface area contributed by atoms with Crippen molar-refractivity contribution in [1.29, 1.82) is 0 Å². The highest BCUT2D eigenvalue weighted by molar-refractivity contribution is 6.17. The minimum Gasteiger partial charge on any atom is -0.343 e. The van der Waals surface area contributed by atoms with Crippen LogP contribution in [0, 0.1) is 26.7 Å². The highest BCUT2D eigenvalue weighted by Gasteiger charge is 2.56. The van der Waals surface area contributed by atoms with Crippen LogP contribution in [-0.4, -0.2) is 23.4 Å². The van der Waals surface area contributed by atoms with Gasteiger partial charge in [0, 0.05) is 0 Å². The molecule has 3 nitrogen and oxygen atoms in total. The molecule has 1 heterocycles. The maximum Gasteiger partial charge on any atom is 0.391 e. The Hall–Kier alpha value is -1.85. The number of aryl methyl sites for hydroxylation is 3. The number of amides is 1. The molecule has 1 N–H and O–H groups in total. The summed E-state index contributed by atoms with van der Waals surface area (Å²) in [7, 11) is 0. The zero-order valence-electron chi connectivity index (χ0n) is 14.6. The Kier molecular flexibility index (Phi) is 4.20. The van der Waals surface area contributed by atoms with Crippen LogP contribution in [0.4, 0.5) is 13.2 Å². The van der Waals surface area contributed by atoms with Gasteiger partial charge in [0.25, 0.3) is 0 Å². The Bertz CT molecular complexity index is 731. The van der Waals surface area contributed by atoms with Crippen molar-refractivity contribution in [2.75, 3.05) is 0 Å². The molecule has 1 saturated heterocycles. The Morgan fingerprint density at radius 3 is 2.12 bits per heavy atom. The number of carbonyl (C=O) groups excluding carboxylic acids is 2. The molecule has 1 aliphatic heterocycles. The van der Waals surface area contributed by atoms with E-state index in [-0.39, 0.29) is 37.4 Å². The molecule has 1 aromatic carbocycles. The second-order valence-corrected chi connectivity index (χ2v) is 7.48. The van der Waals surface area contributed by atoms with Crippen LogP contribution in [0.5, 0.6) is 0 Å². The molecule has 2 fully saturated rings. The average molecular weight is 353 g/mol. The number of benzene rings is 1. The summed E-state index contributed by atoms with van der Waals surface area (Å²) in [5.74, 6) is -2.96. The number of hydrogen-bond acceptors (Lipinski definition) is 2. The summed E-state index contributed by atoms with van der Waals surface area (Å²) in [4.78, 5) is 25.6. The van der Waals surface area contributed by atoms with Crippen LogP contribution in [0.3, 0.4) is 0 Å². The van der Waals surface area contributed by atoms with Crippen molar-refractivity contribution < 1.29 is 22.8 Å². The average Bonchev–Trinajstić information content (AvgIpc) is 2.74. The predicted octanol–water partition coefficient (Wildman–Crippen LogP) is 3.89. The smallest absolute Gasteiger partial charge is 0.343 e. The zero-order valence-corrected chi connectivity index (χ0v) is 14.6. The van der Waals surface area contributed by atoms with Gasteiger partial charge in [-0.05, 0) is 68.7 Å². The van der Waals surface area contributed by atoms with Gasteiger partial charge in [-0.3, -0.25) is 9.59 Å². The Balaban J connectivity index is 1.88. The summed E-state index contributed by atoms with van der Waals surface area (Å²) in [5, 5.41) is 2.75. The molecule has 6 heteroatoms. The SMILES string of the molecule is Cc1cc(C)c(C2C(=O)NC3(CCC(C(F)(F)F)CC3)C2=O)cc1C. The molecular formula is C19H22F3NO2. The minimum absolute atomic E-state index is 0.0577. The van der Waals surface area contributed by atoms with Crippen molar-refractivity contribution in [2.45, 2.75) is 64.1 Å². The van der Waals surface area contributed by atoms with Gasteiger partial charge in [-0.1, -0.05) is 12.1 Å². The van der Waals surface area contributed by atoms with E-state index in [2.05, 4.69) is 5.32 Å². The van der Waals surface area contributed by atoms with Crippen LogP contribution in [0.15, 0.2) is 12.1 Å². The third-order valence-electron chi connectivity index (χ3n) is 5.85. The molecule has 0 radical (unpaired) electrons. The van der Waals surface area contributed by atoms with Crippen LogP contribution < -0.4 is 5.32 Å². The van der Waals surface area contributed by atoms with Gasteiger partial charge in [0.15, 0.2) is 5.78 Å². The molecule has 1 saturated carbocycles. The van der Waals surface area contributed by atoms with Crippen molar-refractivity contribution in [3.05, 3.63) is 34.4 Å². The quantitative estimate of drug-likeness (QED) is 0.779. The number of rotatable bonds is 1. The molecule has 2 aliphatic rings. The number of ketones is 1. The van der Waals surface area contributed by atoms with Gasteiger partial charge >= 0.3 is 6.18 Å². The van der Waals surface area contributed by atoms with E-state index in [0.717, 1.165) is 16.7 Å². The first-order valence-electron chi connectivity index (χ1n) is 8.56. The molecule has 136 valence electrons. The van der Waals surface area contributed by atoms with Gasteiger partial charge in [0.05, 0.1) is 11.5 Å². The van der Waals surface area contributed by atoms with Crippen molar-refractivity contribution in [2.24, 2.45) is 5.92 Å². The molecular weight excluding hydrogens is 331 g/mol. The standard InChI is InChI=1S/C19H22F3NO2/c1-10-8-12(3)14(9-11(10)2)15-16(24)18(23-17(15)25)6-4-13(5-7-18)19(20,21)22/h8-9,13,15H,4-7H2,1-3H3,(H,23,25). The minimum atomic E-state index is -4.24. The van der Waals surface area contributed by atoms with E-state index in [1.54, 1.807) is 0 Å². The highest BCUT2D eigenvalue weighted by atomic mass is 19.4. The maximum atomic E-state index is 13.0. The predicted molar refractivity (Wildman–Crippen MR) is 87.3 cm³/mol. The van der Waals surface area contributed by atoms with E-state index in [1.807, 2.05) is 32.9 Å². The van der Waals surface area contributed by atoms with Crippen molar-refractivity contribution in [3.63, 3.8) is 0 Å². The molecule has 1 atom stereocenters. The molecule has 1 spiro atoms. The Morgan fingerprint density at radius 1 is 1.00 bits per heavy atom. The number of nitrogens with one attached hydrogen (secondary N) is 1. The molecule has 1 aliphatic carbocycles. The lowest BCUT2D eigenvalue weighted by molar-refractivity contribution is -0.185. The fourth-order valence-electron chi connectivity index (χ4n) is 4.15. The number of Topliss-reactive ketones (excluding diaryl/α,β-unsaturated/α-hetero) is 1. The number of halogens is 3. The third-order valence-corrected chi connectivity index (χ3v) is 5.85. The molecule has 25 heavy (non-hydrogen) atoms. The van der Waals surface area contributed by atoms with Gasteiger partial charge in [-0.2, -0.15) is 13.2 Å². The normalized spacial score (nSPS) is 30.0. The van der Waals surface area contributed by atoms with Crippen LogP contribution >= 0.6 is 0 Å². The summed E-state index contributed by atoms with van der Waals surface area (Å²) in [6.45, 7) is 5.73. The monoisotopic (exact) mass is 353 g/mol. The second-order valence-electron chi connectivity index (χ2n) is 7.48. The summed E-state index contributed by atoms with van der Waals surface area (Å²) >= 11 is 0. The first-order valence-corrected chi connectivity index (χ1v) is 8.56. The summed E-state index contributed by atoms with van der Waals surface area (Å²) < 4.78 is 38.7. The summed E-state index contributed by atoms with van der Waals surface area (Å²) in [6, 6.07) is 3.80. The molecule has 0 bridgehead atoms. The number of carbonyl (C=O) groups is 2. The highest BCUT2D eigenvalue weighted by Crippen LogP contribution is 2.45. The van der Waals surface area contributed by atoms with Crippen LogP contribution in [0.2, 0.25) is 0 Å². The van der Waals surface area contributed by atoms with Gasteiger partial charge < -0.3 is 5.32 Å². The zero-order chi connectivity index (χ0) is 18.6. The van der Waals surface area contributed by atoms with Crippen LogP contribution in [0.25, 0.3) is 0 Å². The topological polar surface area (TPSA) is 46.2 Å². The van der Waals surface area contributed by atoms with E-state index >= 15 is 0 Å². The fraction of sp³-hybridized carbons (Fsp3) is 0.579. The fourth-order valence-corrected chi connectivity index (χ4v) is 4.15. The van der Waals surface area contributed by atoms with Crippen molar-refractivity contribution in [3.8, 4) is 0 Å². The number of hydrogen-bond donors (Lipinski definition) is 1. The van der Waals surface area contributed by atoms with E-state index < -0.39 is 23.6 Å². The second kappa shape index (κ2) is 5.85. The third kappa shape index (κ3) is 2.96. The van der Waals surface area contributed by atoms with Crippen molar-refractivity contribution in [1.82, 2.24) is 5.32 Å². The van der Waals surface area contributed by atoms with Crippen molar-refractivity contribution >= 4 is 11.7 Å². The van der Waals surface area contributed by atoms with Crippen LogP contribution in [-0.2, 0) is 9.59 Å². The summed E-state index contributed by atoms with van der Waals surface area (Å²) in [6.07, 6.45) is -4.36. The van der Waals surface area contributed by atoms with E-state index in [9.17, 15) is 22.8 Å². The first kappa shape index (κ1) is 18.0. The maximum absolute atomic E-state index is 13.0.